The predicted molar refractivity (Wildman–Crippen MR) is 71.8 cm³/mol. The molecule has 1 aromatic heterocycles. The second-order valence-electron chi connectivity index (χ2n) is 4.71. The number of aryl methyl sites for hydroxylation is 1. The molecule has 1 amide bonds. The molecular weight excluding hydrogens is 256 g/mol. The first-order valence-corrected chi connectivity index (χ1v) is 6.99. The number of carbonyl (C=O) groups is 1. The highest BCUT2D eigenvalue weighted by atomic mass is 35.5. The Morgan fingerprint density at radius 2 is 2.29 bits per heavy atom. The summed E-state index contributed by atoms with van der Waals surface area (Å²) in [5.74, 6) is -0.00162. The first-order chi connectivity index (χ1) is 8.02. The molecule has 94 valence electrons. The van der Waals surface area contributed by atoms with Gasteiger partial charge in [-0.15, -0.1) is 11.3 Å². The number of carbonyl (C=O) groups excluding carboxylic acids is 1. The summed E-state index contributed by atoms with van der Waals surface area (Å²) < 4.78 is 0. The van der Waals surface area contributed by atoms with Gasteiger partial charge in [0.15, 0.2) is 0 Å². The number of amides is 1. The summed E-state index contributed by atoms with van der Waals surface area (Å²) in [4.78, 5) is 14.8. The van der Waals surface area contributed by atoms with Crippen molar-refractivity contribution >= 4 is 28.8 Å². The molecule has 1 aromatic rings. The van der Waals surface area contributed by atoms with Gasteiger partial charge in [-0.1, -0.05) is 11.6 Å². The number of halogens is 1. The van der Waals surface area contributed by atoms with Gasteiger partial charge in [-0.25, -0.2) is 0 Å². The molecule has 0 aromatic carbocycles. The van der Waals surface area contributed by atoms with Crippen molar-refractivity contribution in [2.75, 3.05) is 13.6 Å². The van der Waals surface area contributed by atoms with E-state index in [2.05, 4.69) is 0 Å². The highest BCUT2D eigenvalue weighted by Gasteiger charge is 2.42. The van der Waals surface area contributed by atoms with E-state index in [0.29, 0.717) is 16.4 Å². The quantitative estimate of drug-likeness (QED) is 0.920. The Kier molecular flexibility index (Phi) is 3.48. The summed E-state index contributed by atoms with van der Waals surface area (Å²) in [5, 5.41) is 2.50. The Hall–Kier alpha value is -0.580. The Balaban J connectivity index is 2.23. The molecule has 1 aliphatic carbocycles. The van der Waals surface area contributed by atoms with Crippen LogP contribution in [0.1, 0.15) is 34.5 Å². The van der Waals surface area contributed by atoms with Crippen LogP contribution in [0.3, 0.4) is 0 Å². The Morgan fingerprint density at radius 3 is 2.65 bits per heavy atom. The van der Waals surface area contributed by atoms with Crippen LogP contribution in [0.2, 0.25) is 5.02 Å². The van der Waals surface area contributed by atoms with Gasteiger partial charge in [0, 0.05) is 13.6 Å². The van der Waals surface area contributed by atoms with Gasteiger partial charge in [-0.3, -0.25) is 4.79 Å². The first kappa shape index (κ1) is 12.9. The second-order valence-corrected chi connectivity index (χ2v) is 5.97. The molecule has 3 nitrogen and oxygen atoms in total. The van der Waals surface area contributed by atoms with Crippen molar-refractivity contribution in [2.45, 2.75) is 31.7 Å². The smallest absolute Gasteiger partial charge is 0.265 e. The van der Waals surface area contributed by atoms with Crippen molar-refractivity contribution in [3.63, 3.8) is 0 Å². The molecule has 1 heterocycles. The minimum atomic E-state index is -0.141. The third-order valence-corrected chi connectivity index (χ3v) is 5.46. The molecule has 1 fully saturated rings. The maximum Gasteiger partial charge on any atom is 0.265 e. The molecule has 5 heteroatoms. The van der Waals surface area contributed by atoms with Gasteiger partial charge in [0.05, 0.1) is 10.6 Å². The highest BCUT2D eigenvalue weighted by Crippen LogP contribution is 2.38. The Labute approximate surface area is 111 Å². The number of hydrogen-bond donors (Lipinski definition) is 1. The molecular formula is C12H17ClN2OS. The number of thiophene rings is 1. The summed E-state index contributed by atoms with van der Waals surface area (Å²) in [7, 11) is 1.83. The van der Waals surface area contributed by atoms with Crippen molar-refractivity contribution in [2.24, 2.45) is 5.73 Å². The summed E-state index contributed by atoms with van der Waals surface area (Å²) in [5.41, 5.74) is 6.63. The average molecular weight is 273 g/mol. The number of nitrogens with zero attached hydrogens (tertiary/aromatic N) is 1. The van der Waals surface area contributed by atoms with Crippen LogP contribution in [0.15, 0.2) is 5.38 Å². The first-order valence-electron chi connectivity index (χ1n) is 5.73. The summed E-state index contributed by atoms with van der Waals surface area (Å²) in [6.07, 6.45) is 3.13. The Bertz CT molecular complexity index is 434. The summed E-state index contributed by atoms with van der Waals surface area (Å²) in [6, 6.07) is 0. The minimum Gasteiger partial charge on any atom is -0.334 e. The van der Waals surface area contributed by atoms with Crippen molar-refractivity contribution in [1.82, 2.24) is 4.90 Å². The highest BCUT2D eigenvalue weighted by molar-refractivity contribution is 7.13. The number of nitrogens with two attached hydrogens (primary N) is 1. The van der Waals surface area contributed by atoms with Crippen molar-refractivity contribution in [3.8, 4) is 0 Å². The SMILES string of the molecule is Cc1csc(C(=O)N(C)C2(CN)CCC2)c1Cl. The van der Waals surface area contributed by atoms with E-state index in [0.717, 1.165) is 24.8 Å². The lowest BCUT2D eigenvalue weighted by atomic mass is 9.75. The van der Waals surface area contributed by atoms with E-state index in [1.54, 1.807) is 4.90 Å². The largest absolute Gasteiger partial charge is 0.334 e. The van der Waals surface area contributed by atoms with Crippen LogP contribution in [0.5, 0.6) is 0 Å². The molecule has 2 N–H and O–H groups in total. The van der Waals surface area contributed by atoms with Crippen LogP contribution in [-0.4, -0.2) is 29.9 Å². The third-order valence-electron chi connectivity index (χ3n) is 3.77. The van der Waals surface area contributed by atoms with Gasteiger partial charge < -0.3 is 10.6 Å². The van der Waals surface area contributed by atoms with Crippen LogP contribution in [0.4, 0.5) is 0 Å². The van der Waals surface area contributed by atoms with Crippen molar-refractivity contribution in [1.29, 1.82) is 0 Å². The maximum absolute atomic E-state index is 12.4. The van der Waals surface area contributed by atoms with E-state index in [9.17, 15) is 4.79 Å². The normalized spacial score (nSPS) is 17.6. The topological polar surface area (TPSA) is 46.3 Å². The van der Waals surface area contributed by atoms with Gasteiger partial charge in [-0.05, 0) is 37.1 Å². The number of likely N-dealkylation sites (N-methyl/N-ethyl adjacent to an activating group) is 1. The fraction of sp³-hybridized carbons (Fsp3) is 0.583. The Morgan fingerprint density at radius 1 is 1.65 bits per heavy atom. The van der Waals surface area contributed by atoms with Crippen LogP contribution in [0, 0.1) is 6.92 Å². The van der Waals surface area contributed by atoms with E-state index in [1.807, 2.05) is 19.4 Å². The van der Waals surface area contributed by atoms with Gasteiger partial charge in [0.1, 0.15) is 4.88 Å². The van der Waals surface area contributed by atoms with Crippen molar-refractivity contribution in [3.05, 3.63) is 20.8 Å². The van der Waals surface area contributed by atoms with Gasteiger partial charge in [0.2, 0.25) is 0 Å². The van der Waals surface area contributed by atoms with E-state index < -0.39 is 0 Å². The predicted octanol–water partition coefficient (Wildman–Crippen LogP) is 2.66. The number of hydrogen-bond acceptors (Lipinski definition) is 3. The summed E-state index contributed by atoms with van der Waals surface area (Å²) in [6.45, 7) is 2.44. The molecule has 1 aliphatic rings. The molecule has 0 aliphatic heterocycles. The fourth-order valence-corrected chi connectivity index (χ4v) is 3.45. The van der Waals surface area contributed by atoms with Crippen LogP contribution < -0.4 is 5.73 Å². The molecule has 1 saturated carbocycles. The maximum atomic E-state index is 12.4. The monoisotopic (exact) mass is 272 g/mol. The molecule has 0 spiro atoms. The zero-order chi connectivity index (χ0) is 12.6. The minimum absolute atomic E-state index is 0.00162. The lowest BCUT2D eigenvalue weighted by Gasteiger charge is -2.48. The fourth-order valence-electron chi connectivity index (χ4n) is 2.20. The summed E-state index contributed by atoms with van der Waals surface area (Å²) >= 11 is 7.54. The van der Waals surface area contributed by atoms with Gasteiger partial charge in [0.25, 0.3) is 5.91 Å². The zero-order valence-corrected chi connectivity index (χ0v) is 11.7. The van der Waals surface area contributed by atoms with Gasteiger partial charge >= 0.3 is 0 Å². The molecule has 0 radical (unpaired) electrons. The number of rotatable bonds is 3. The standard InChI is InChI=1S/C12H17ClN2OS/c1-8-6-17-10(9(8)13)11(16)15(2)12(7-14)4-3-5-12/h6H,3-5,7,14H2,1-2H3. The third kappa shape index (κ3) is 1.98. The zero-order valence-electron chi connectivity index (χ0n) is 10.1. The lowest BCUT2D eigenvalue weighted by molar-refractivity contribution is 0.0326. The molecule has 0 unspecified atom stereocenters. The lowest BCUT2D eigenvalue weighted by Crippen LogP contribution is -2.58. The van der Waals surface area contributed by atoms with E-state index in [4.69, 9.17) is 17.3 Å². The molecule has 17 heavy (non-hydrogen) atoms. The van der Waals surface area contributed by atoms with Gasteiger partial charge in [-0.2, -0.15) is 0 Å². The molecule has 0 saturated heterocycles. The van der Waals surface area contributed by atoms with Crippen LogP contribution in [-0.2, 0) is 0 Å². The van der Waals surface area contributed by atoms with Crippen molar-refractivity contribution < 1.29 is 4.79 Å². The molecule has 0 bridgehead atoms. The van der Waals surface area contributed by atoms with E-state index in [1.165, 1.54) is 11.3 Å². The second kappa shape index (κ2) is 4.59. The molecule has 2 rings (SSSR count). The average Bonchev–Trinajstić information content (AvgIpc) is 2.58. The van der Waals surface area contributed by atoms with E-state index in [-0.39, 0.29) is 11.4 Å². The van der Waals surface area contributed by atoms with Crippen LogP contribution in [0.25, 0.3) is 0 Å². The van der Waals surface area contributed by atoms with Crippen LogP contribution >= 0.6 is 22.9 Å². The van der Waals surface area contributed by atoms with E-state index >= 15 is 0 Å². The molecule has 0 atom stereocenters.